The van der Waals surface area contributed by atoms with Crippen molar-refractivity contribution in [2.45, 2.75) is 6.92 Å². The topological polar surface area (TPSA) is 76.0 Å². The van der Waals surface area contributed by atoms with E-state index in [1.54, 1.807) is 7.05 Å². The second-order valence-electron chi connectivity index (χ2n) is 3.11. The molecule has 6 nitrogen and oxygen atoms in total. The largest absolute Gasteiger partial charge is 0.374 e. The Balaban J connectivity index is 2.72. The first-order chi connectivity index (χ1) is 7.56. The first-order valence-electron chi connectivity index (χ1n) is 4.78. The molecule has 0 fully saturated rings. The average Bonchev–Trinajstić information content (AvgIpc) is 2.25. The monoisotopic (exact) mass is 288 g/mol. The van der Waals surface area contributed by atoms with Crippen LogP contribution in [0, 0.1) is 0 Å². The molecule has 0 bridgehead atoms. The van der Waals surface area contributed by atoms with Crippen molar-refractivity contribution in [3.8, 4) is 0 Å². The van der Waals surface area contributed by atoms with E-state index in [4.69, 9.17) is 0 Å². The molecule has 1 aromatic rings. The second-order valence-corrected chi connectivity index (χ2v) is 3.90. The first-order valence-corrected chi connectivity index (χ1v) is 5.58. The third-order valence-electron chi connectivity index (χ3n) is 1.89. The van der Waals surface area contributed by atoms with Gasteiger partial charge in [0.25, 0.3) is 5.56 Å². The van der Waals surface area contributed by atoms with E-state index in [1.165, 1.54) is 10.9 Å². The summed E-state index contributed by atoms with van der Waals surface area (Å²) in [4.78, 5) is 22.7. The van der Waals surface area contributed by atoms with Crippen molar-refractivity contribution in [1.29, 1.82) is 0 Å². The summed E-state index contributed by atoms with van der Waals surface area (Å²) < 4.78 is 1.58. The van der Waals surface area contributed by atoms with Gasteiger partial charge < -0.3 is 10.6 Å². The molecule has 0 saturated carbocycles. The molecule has 0 radical (unpaired) electrons. The van der Waals surface area contributed by atoms with Crippen molar-refractivity contribution >= 4 is 27.5 Å². The number of hydrogen-bond donors (Lipinski definition) is 2. The zero-order valence-corrected chi connectivity index (χ0v) is 10.7. The Morgan fingerprint density at radius 1 is 1.62 bits per heavy atom. The van der Waals surface area contributed by atoms with Crippen molar-refractivity contribution in [3.05, 3.63) is 21.0 Å². The Morgan fingerprint density at radius 3 is 2.94 bits per heavy atom. The van der Waals surface area contributed by atoms with Crippen LogP contribution in [-0.2, 0) is 11.8 Å². The molecule has 0 aliphatic rings. The van der Waals surface area contributed by atoms with E-state index in [9.17, 15) is 9.59 Å². The minimum absolute atomic E-state index is 0.112. The van der Waals surface area contributed by atoms with E-state index in [2.05, 4.69) is 31.7 Å². The third kappa shape index (κ3) is 3.06. The summed E-state index contributed by atoms with van der Waals surface area (Å²) in [7, 11) is 1.56. The summed E-state index contributed by atoms with van der Waals surface area (Å²) in [6.45, 7) is 2.53. The van der Waals surface area contributed by atoms with Crippen molar-refractivity contribution in [3.63, 3.8) is 0 Å². The maximum atomic E-state index is 11.5. The van der Waals surface area contributed by atoms with E-state index >= 15 is 0 Å². The molecule has 1 aromatic heterocycles. The highest BCUT2D eigenvalue weighted by Crippen LogP contribution is 2.14. The van der Waals surface area contributed by atoms with Gasteiger partial charge >= 0.3 is 0 Å². The van der Waals surface area contributed by atoms with E-state index in [1.807, 2.05) is 6.92 Å². The van der Waals surface area contributed by atoms with Gasteiger partial charge in [-0.1, -0.05) is 0 Å². The number of aromatic nitrogens is 2. The van der Waals surface area contributed by atoms with Crippen LogP contribution in [0.3, 0.4) is 0 Å². The molecule has 1 rings (SSSR count). The maximum Gasteiger partial charge on any atom is 0.282 e. The number of carbonyl (C=O) groups excluding carboxylic acids is 1. The highest BCUT2D eigenvalue weighted by molar-refractivity contribution is 9.10. The number of rotatable bonds is 4. The predicted octanol–water partition coefficient (Wildman–Crippen LogP) is 0.0908. The molecule has 0 saturated heterocycles. The molecule has 88 valence electrons. The fourth-order valence-corrected chi connectivity index (χ4v) is 1.57. The van der Waals surface area contributed by atoms with Crippen LogP contribution in [-0.4, -0.2) is 28.8 Å². The standard InChI is InChI=1S/C9H13BrN4O2/c1-3-11-7(15)5-12-6-4-13-14(2)9(16)8(6)10/h4,12H,3,5H2,1-2H3,(H,11,15). The summed E-state index contributed by atoms with van der Waals surface area (Å²) in [5, 5.41) is 9.31. The molecule has 0 unspecified atom stereocenters. The lowest BCUT2D eigenvalue weighted by Crippen LogP contribution is -2.30. The number of nitrogens with one attached hydrogen (secondary N) is 2. The van der Waals surface area contributed by atoms with Crippen LogP contribution in [0.4, 0.5) is 5.69 Å². The zero-order valence-electron chi connectivity index (χ0n) is 9.08. The predicted molar refractivity (Wildman–Crippen MR) is 64.4 cm³/mol. The maximum absolute atomic E-state index is 11.5. The molecule has 0 aromatic carbocycles. The molecule has 1 amide bonds. The molecule has 1 heterocycles. The number of anilines is 1. The molecule has 0 aliphatic heterocycles. The highest BCUT2D eigenvalue weighted by atomic mass is 79.9. The van der Waals surface area contributed by atoms with Crippen LogP contribution >= 0.6 is 15.9 Å². The van der Waals surface area contributed by atoms with E-state index in [0.717, 1.165) is 0 Å². The Labute approximate surface area is 101 Å². The van der Waals surface area contributed by atoms with Crippen molar-refractivity contribution in [2.24, 2.45) is 7.05 Å². The van der Waals surface area contributed by atoms with Gasteiger partial charge in [-0.2, -0.15) is 5.10 Å². The van der Waals surface area contributed by atoms with Gasteiger partial charge in [-0.05, 0) is 22.9 Å². The second kappa shape index (κ2) is 5.64. The van der Waals surface area contributed by atoms with Gasteiger partial charge in [0.2, 0.25) is 5.91 Å². The first kappa shape index (κ1) is 12.7. The lowest BCUT2D eigenvalue weighted by atomic mass is 10.4. The number of aryl methyl sites for hydroxylation is 1. The minimum Gasteiger partial charge on any atom is -0.374 e. The van der Waals surface area contributed by atoms with Gasteiger partial charge in [0.15, 0.2) is 0 Å². The SMILES string of the molecule is CCNC(=O)CNc1cnn(C)c(=O)c1Br. The molecule has 0 atom stereocenters. The van der Waals surface area contributed by atoms with Gasteiger partial charge in [-0.25, -0.2) is 4.68 Å². The molecule has 2 N–H and O–H groups in total. The quantitative estimate of drug-likeness (QED) is 0.823. The van der Waals surface area contributed by atoms with Crippen LogP contribution < -0.4 is 16.2 Å². The average molecular weight is 289 g/mol. The fourth-order valence-electron chi connectivity index (χ4n) is 1.07. The Morgan fingerprint density at radius 2 is 2.31 bits per heavy atom. The van der Waals surface area contributed by atoms with Gasteiger partial charge in [0, 0.05) is 13.6 Å². The van der Waals surface area contributed by atoms with E-state index in [0.29, 0.717) is 16.7 Å². The van der Waals surface area contributed by atoms with E-state index in [-0.39, 0.29) is 18.0 Å². The highest BCUT2D eigenvalue weighted by Gasteiger charge is 2.07. The number of nitrogens with zero attached hydrogens (tertiary/aromatic N) is 2. The van der Waals surface area contributed by atoms with E-state index < -0.39 is 0 Å². The van der Waals surface area contributed by atoms with Gasteiger partial charge in [0.1, 0.15) is 4.47 Å². The lowest BCUT2D eigenvalue weighted by molar-refractivity contribution is -0.119. The molecular weight excluding hydrogens is 276 g/mol. The summed E-state index contributed by atoms with van der Waals surface area (Å²) in [5.41, 5.74) is 0.259. The van der Waals surface area contributed by atoms with Gasteiger partial charge in [-0.3, -0.25) is 9.59 Å². The summed E-state index contributed by atoms with van der Waals surface area (Å²) >= 11 is 3.15. The molecule has 16 heavy (non-hydrogen) atoms. The number of likely N-dealkylation sites (N-methyl/N-ethyl adjacent to an activating group) is 1. The molecule has 0 aliphatic carbocycles. The normalized spacial score (nSPS) is 9.94. The summed E-state index contributed by atoms with van der Waals surface area (Å²) in [6, 6.07) is 0. The lowest BCUT2D eigenvalue weighted by Gasteiger charge is -2.08. The van der Waals surface area contributed by atoms with Gasteiger partial charge in [0.05, 0.1) is 18.4 Å². The number of carbonyl (C=O) groups is 1. The smallest absolute Gasteiger partial charge is 0.282 e. The van der Waals surface area contributed by atoms with Crippen LogP contribution in [0.25, 0.3) is 0 Å². The molecular formula is C9H13BrN4O2. The van der Waals surface area contributed by atoms with Crippen LogP contribution in [0.2, 0.25) is 0 Å². The van der Waals surface area contributed by atoms with Crippen molar-refractivity contribution in [2.75, 3.05) is 18.4 Å². The molecule has 0 spiro atoms. The Hall–Kier alpha value is -1.37. The number of hydrogen-bond acceptors (Lipinski definition) is 4. The van der Waals surface area contributed by atoms with Crippen molar-refractivity contribution < 1.29 is 4.79 Å². The van der Waals surface area contributed by atoms with Crippen LogP contribution in [0.5, 0.6) is 0 Å². The molecule has 7 heteroatoms. The van der Waals surface area contributed by atoms with Gasteiger partial charge in [-0.15, -0.1) is 0 Å². The number of halogens is 1. The fraction of sp³-hybridized carbons (Fsp3) is 0.444. The van der Waals surface area contributed by atoms with Crippen LogP contribution in [0.15, 0.2) is 15.5 Å². The Bertz CT molecular complexity index is 444. The minimum atomic E-state index is -0.249. The third-order valence-corrected chi connectivity index (χ3v) is 2.66. The van der Waals surface area contributed by atoms with Crippen molar-refractivity contribution in [1.82, 2.24) is 15.1 Å². The summed E-state index contributed by atoms with van der Waals surface area (Å²) in [6.07, 6.45) is 1.49. The van der Waals surface area contributed by atoms with Crippen LogP contribution in [0.1, 0.15) is 6.92 Å². The Kier molecular flexibility index (Phi) is 4.48. The zero-order chi connectivity index (χ0) is 12.1. The number of amides is 1. The summed E-state index contributed by atoms with van der Waals surface area (Å²) in [5.74, 6) is -0.130.